The summed E-state index contributed by atoms with van der Waals surface area (Å²) in [6.07, 6.45) is 1.20. The molecular formula is C16H24N2O3. The van der Waals surface area contributed by atoms with Crippen molar-refractivity contribution < 1.29 is 14.7 Å². The Labute approximate surface area is 125 Å². The fraction of sp³-hybridized carbons (Fsp3) is 0.500. The first kappa shape index (κ1) is 17.2. The van der Waals surface area contributed by atoms with Gasteiger partial charge in [-0.3, -0.25) is 9.59 Å². The van der Waals surface area contributed by atoms with Gasteiger partial charge >= 0.3 is 0 Å². The molecule has 116 valence electrons. The lowest BCUT2D eigenvalue weighted by Crippen LogP contribution is -2.49. The first-order valence-electron chi connectivity index (χ1n) is 7.17. The molecule has 1 atom stereocenters. The van der Waals surface area contributed by atoms with Gasteiger partial charge in [0.15, 0.2) is 0 Å². The van der Waals surface area contributed by atoms with E-state index in [2.05, 4.69) is 10.6 Å². The van der Waals surface area contributed by atoms with Crippen molar-refractivity contribution in [2.24, 2.45) is 0 Å². The Hall–Kier alpha value is -1.88. The van der Waals surface area contributed by atoms with Crippen molar-refractivity contribution in [1.82, 2.24) is 10.6 Å². The van der Waals surface area contributed by atoms with E-state index in [0.717, 1.165) is 5.56 Å². The summed E-state index contributed by atoms with van der Waals surface area (Å²) in [6, 6.07) is 7.20. The summed E-state index contributed by atoms with van der Waals surface area (Å²) in [5.41, 5.74) is 1.09. The Bertz CT molecular complexity index is 502. The number of nitrogens with one attached hydrogen (secondary N) is 2. The molecule has 0 spiro atoms. The van der Waals surface area contributed by atoms with Gasteiger partial charge in [-0.25, -0.2) is 0 Å². The van der Waals surface area contributed by atoms with Crippen molar-refractivity contribution in [2.75, 3.05) is 13.2 Å². The minimum atomic E-state index is -0.445. The van der Waals surface area contributed by atoms with Crippen LogP contribution in [0.2, 0.25) is 0 Å². The first-order chi connectivity index (χ1) is 9.90. The van der Waals surface area contributed by atoms with E-state index in [4.69, 9.17) is 5.11 Å². The summed E-state index contributed by atoms with van der Waals surface area (Å²) in [6.45, 7) is 5.67. The largest absolute Gasteiger partial charge is 0.396 e. The molecule has 1 rings (SSSR count). The van der Waals surface area contributed by atoms with Crippen LogP contribution in [0.5, 0.6) is 0 Å². The summed E-state index contributed by atoms with van der Waals surface area (Å²) in [4.78, 5) is 23.8. The maximum Gasteiger partial charge on any atom is 0.251 e. The van der Waals surface area contributed by atoms with Crippen LogP contribution in [0, 0.1) is 6.92 Å². The molecule has 1 aromatic carbocycles. The number of aliphatic hydroxyl groups is 1. The quantitative estimate of drug-likeness (QED) is 0.710. The first-order valence-corrected chi connectivity index (χ1v) is 7.17. The van der Waals surface area contributed by atoms with Gasteiger partial charge in [0.25, 0.3) is 5.91 Å². The summed E-state index contributed by atoms with van der Waals surface area (Å²) < 4.78 is 0. The zero-order chi connectivity index (χ0) is 15.9. The van der Waals surface area contributed by atoms with Crippen LogP contribution < -0.4 is 10.6 Å². The monoisotopic (exact) mass is 292 g/mol. The number of hydrogen-bond acceptors (Lipinski definition) is 3. The lowest BCUT2D eigenvalue weighted by atomic mass is 9.95. The summed E-state index contributed by atoms with van der Waals surface area (Å²) in [5, 5.41) is 14.5. The molecule has 5 heteroatoms. The highest BCUT2D eigenvalue weighted by atomic mass is 16.3. The number of amides is 2. The fourth-order valence-corrected chi connectivity index (χ4v) is 2.00. The van der Waals surface area contributed by atoms with Crippen molar-refractivity contribution in [2.45, 2.75) is 39.2 Å². The van der Waals surface area contributed by atoms with Crippen LogP contribution in [0.15, 0.2) is 24.3 Å². The van der Waals surface area contributed by atoms with Crippen LogP contribution in [0.25, 0.3) is 0 Å². The molecule has 2 amide bonds. The smallest absolute Gasteiger partial charge is 0.251 e. The third-order valence-electron chi connectivity index (χ3n) is 3.57. The van der Waals surface area contributed by atoms with Gasteiger partial charge in [0.2, 0.25) is 5.91 Å². The van der Waals surface area contributed by atoms with Crippen LogP contribution in [0.3, 0.4) is 0 Å². The van der Waals surface area contributed by atoms with Gasteiger partial charge in [0.05, 0.1) is 6.54 Å². The maximum absolute atomic E-state index is 11.9. The highest BCUT2D eigenvalue weighted by Gasteiger charge is 2.23. The average molecular weight is 292 g/mol. The Morgan fingerprint density at radius 1 is 1.33 bits per heavy atom. The number of carbonyl (C=O) groups is 2. The van der Waals surface area contributed by atoms with Crippen molar-refractivity contribution in [1.29, 1.82) is 0 Å². The topological polar surface area (TPSA) is 78.4 Å². The molecule has 0 fully saturated rings. The third-order valence-corrected chi connectivity index (χ3v) is 3.57. The van der Waals surface area contributed by atoms with Crippen molar-refractivity contribution in [3.8, 4) is 0 Å². The molecule has 0 aliphatic carbocycles. The second-order valence-electron chi connectivity index (χ2n) is 5.49. The molecule has 1 unspecified atom stereocenters. The molecule has 0 aromatic heterocycles. The van der Waals surface area contributed by atoms with Crippen LogP contribution >= 0.6 is 0 Å². The predicted molar refractivity (Wildman–Crippen MR) is 82.1 cm³/mol. The molecule has 0 aliphatic rings. The van der Waals surface area contributed by atoms with E-state index in [1.54, 1.807) is 18.2 Å². The predicted octanol–water partition coefficient (Wildman–Crippen LogP) is 1.39. The highest BCUT2D eigenvalue weighted by Crippen LogP contribution is 2.13. The van der Waals surface area contributed by atoms with Crippen molar-refractivity contribution in [3.63, 3.8) is 0 Å². The zero-order valence-electron chi connectivity index (χ0n) is 12.9. The van der Waals surface area contributed by atoms with E-state index in [1.165, 1.54) is 0 Å². The lowest BCUT2D eigenvalue weighted by molar-refractivity contribution is -0.122. The van der Waals surface area contributed by atoms with Crippen LogP contribution in [-0.2, 0) is 4.79 Å². The number of carbonyl (C=O) groups excluding carboxylic acids is 2. The molecule has 0 radical (unpaired) electrons. The minimum Gasteiger partial charge on any atom is -0.396 e. The van der Waals surface area contributed by atoms with Gasteiger partial charge in [-0.1, -0.05) is 24.6 Å². The number of hydrogen-bond donors (Lipinski definition) is 3. The second kappa shape index (κ2) is 7.78. The van der Waals surface area contributed by atoms with Crippen LogP contribution in [-0.4, -0.2) is 35.6 Å². The normalized spacial score (nSPS) is 13.3. The molecule has 3 N–H and O–H groups in total. The van der Waals surface area contributed by atoms with Gasteiger partial charge in [-0.15, -0.1) is 0 Å². The summed E-state index contributed by atoms with van der Waals surface area (Å²) in [5.74, 6) is -0.525. The Morgan fingerprint density at radius 2 is 2.05 bits per heavy atom. The number of aliphatic hydroxyl groups excluding tert-OH is 1. The van der Waals surface area contributed by atoms with E-state index in [9.17, 15) is 9.59 Å². The van der Waals surface area contributed by atoms with E-state index in [1.807, 2.05) is 26.8 Å². The summed E-state index contributed by atoms with van der Waals surface area (Å²) in [7, 11) is 0. The standard InChI is InChI=1S/C16H24N2O3/c1-4-16(3,8-9-19)18-14(20)11-17-15(21)13-7-5-6-12(2)10-13/h5-7,10,19H,4,8-9,11H2,1-3H3,(H,17,21)(H,18,20). The lowest BCUT2D eigenvalue weighted by Gasteiger charge is -2.29. The average Bonchev–Trinajstić information content (AvgIpc) is 2.45. The van der Waals surface area contributed by atoms with Crippen molar-refractivity contribution >= 4 is 11.8 Å². The van der Waals surface area contributed by atoms with E-state index < -0.39 is 5.54 Å². The number of aryl methyl sites for hydroxylation is 1. The Balaban J connectivity index is 2.51. The molecule has 0 saturated carbocycles. The molecule has 0 aliphatic heterocycles. The second-order valence-corrected chi connectivity index (χ2v) is 5.49. The molecule has 0 saturated heterocycles. The molecule has 0 heterocycles. The number of rotatable bonds is 7. The Kier molecular flexibility index (Phi) is 6.37. The maximum atomic E-state index is 11.9. The van der Waals surface area contributed by atoms with Crippen LogP contribution in [0.1, 0.15) is 42.6 Å². The fourth-order valence-electron chi connectivity index (χ4n) is 2.00. The van der Waals surface area contributed by atoms with E-state index in [-0.39, 0.29) is 25.0 Å². The number of benzene rings is 1. The highest BCUT2D eigenvalue weighted by molar-refractivity contribution is 5.96. The van der Waals surface area contributed by atoms with Gasteiger partial charge < -0.3 is 15.7 Å². The molecule has 21 heavy (non-hydrogen) atoms. The van der Waals surface area contributed by atoms with Gasteiger partial charge in [-0.2, -0.15) is 0 Å². The van der Waals surface area contributed by atoms with E-state index >= 15 is 0 Å². The van der Waals surface area contributed by atoms with Gasteiger partial charge in [0, 0.05) is 17.7 Å². The molecule has 5 nitrogen and oxygen atoms in total. The van der Waals surface area contributed by atoms with Crippen molar-refractivity contribution in [3.05, 3.63) is 35.4 Å². The van der Waals surface area contributed by atoms with E-state index in [0.29, 0.717) is 18.4 Å². The minimum absolute atomic E-state index is 0.0142. The van der Waals surface area contributed by atoms with Crippen LogP contribution in [0.4, 0.5) is 0 Å². The Morgan fingerprint density at radius 3 is 2.62 bits per heavy atom. The molecular weight excluding hydrogens is 268 g/mol. The molecule has 1 aromatic rings. The van der Waals surface area contributed by atoms with Gasteiger partial charge in [0.1, 0.15) is 0 Å². The summed E-state index contributed by atoms with van der Waals surface area (Å²) >= 11 is 0. The third kappa shape index (κ3) is 5.55. The zero-order valence-corrected chi connectivity index (χ0v) is 12.9. The molecule has 0 bridgehead atoms. The van der Waals surface area contributed by atoms with Gasteiger partial charge in [-0.05, 0) is 38.8 Å². The SMILES string of the molecule is CCC(C)(CCO)NC(=O)CNC(=O)c1cccc(C)c1.